The van der Waals surface area contributed by atoms with Crippen LogP contribution in [-0.4, -0.2) is 28.2 Å². The molecule has 0 saturated heterocycles. The van der Waals surface area contributed by atoms with Crippen LogP contribution < -0.4 is 10.6 Å². The molecule has 0 fully saturated rings. The summed E-state index contributed by atoms with van der Waals surface area (Å²) in [5, 5.41) is 16.2. The van der Waals surface area contributed by atoms with E-state index in [1.807, 2.05) is 36.4 Å². The van der Waals surface area contributed by atoms with Crippen molar-refractivity contribution in [1.29, 1.82) is 0 Å². The number of aliphatic hydroxyl groups excluding tert-OH is 1. The van der Waals surface area contributed by atoms with E-state index in [-0.39, 0.29) is 6.61 Å². The maximum absolute atomic E-state index is 8.86. The van der Waals surface area contributed by atoms with Gasteiger partial charge in [0.15, 0.2) is 0 Å². The number of aromatic nitrogens is 2. The maximum Gasteiger partial charge on any atom is 0.225 e. The van der Waals surface area contributed by atoms with Crippen LogP contribution >= 0.6 is 0 Å². The summed E-state index contributed by atoms with van der Waals surface area (Å²) >= 11 is 0. The van der Waals surface area contributed by atoms with Crippen molar-refractivity contribution in [3.63, 3.8) is 0 Å². The lowest BCUT2D eigenvalue weighted by atomic mass is 10.2. The van der Waals surface area contributed by atoms with Crippen LogP contribution in [0.15, 0.2) is 47.1 Å². The first-order valence-electron chi connectivity index (χ1n) is 7.24. The van der Waals surface area contributed by atoms with Crippen LogP contribution in [0.25, 0.3) is 10.9 Å². The fourth-order valence-electron chi connectivity index (χ4n) is 2.15. The van der Waals surface area contributed by atoms with Gasteiger partial charge in [-0.25, -0.2) is 4.98 Å². The Bertz CT molecular complexity index is 728. The minimum absolute atomic E-state index is 0.143. The average molecular weight is 298 g/mol. The molecule has 0 bridgehead atoms. The van der Waals surface area contributed by atoms with Crippen LogP contribution in [0, 0.1) is 0 Å². The van der Waals surface area contributed by atoms with Crippen molar-refractivity contribution >= 4 is 22.7 Å². The predicted molar refractivity (Wildman–Crippen MR) is 85.8 cm³/mol. The minimum atomic E-state index is 0.143. The van der Waals surface area contributed by atoms with Crippen LogP contribution in [0.2, 0.25) is 0 Å². The molecule has 0 aliphatic rings. The predicted octanol–water partition coefficient (Wildman–Crippen LogP) is 2.63. The van der Waals surface area contributed by atoms with E-state index in [2.05, 4.69) is 20.6 Å². The van der Waals surface area contributed by atoms with Crippen LogP contribution in [0.3, 0.4) is 0 Å². The lowest BCUT2D eigenvalue weighted by Crippen LogP contribution is -2.09. The van der Waals surface area contributed by atoms with E-state index in [4.69, 9.17) is 9.52 Å². The maximum atomic E-state index is 8.86. The number of hydrogen-bond acceptors (Lipinski definition) is 6. The first kappa shape index (κ1) is 14.3. The molecule has 0 saturated carbocycles. The number of aliphatic hydroxyl groups is 1. The molecule has 22 heavy (non-hydrogen) atoms. The molecule has 2 heterocycles. The molecule has 3 aromatic rings. The molecule has 0 radical (unpaired) electrons. The normalized spacial score (nSPS) is 10.8. The molecule has 1 aromatic carbocycles. The molecular formula is C16H18N4O2. The third-order valence-corrected chi connectivity index (χ3v) is 3.23. The fraction of sp³-hybridized carbons (Fsp3) is 0.250. The van der Waals surface area contributed by atoms with Crippen molar-refractivity contribution in [2.45, 2.75) is 13.0 Å². The summed E-state index contributed by atoms with van der Waals surface area (Å²) in [4.78, 5) is 9.00. The molecule has 0 aliphatic carbocycles. The van der Waals surface area contributed by atoms with Crippen molar-refractivity contribution in [2.75, 3.05) is 23.8 Å². The second-order valence-corrected chi connectivity index (χ2v) is 4.85. The topological polar surface area (TPSA) is 83.2 Å². The third kappa shape index (κ3) is 3.35. The number of rotatable bonds is 7. The van der Waals surface area contributed by atoms with Crippen molar-refractivity contribution < 1.29 is 9.52 Å². The van der Waals surface area contributed by atoms with E-state index < -0.39 is 0 Å². The summed E-state index contributed by atoms with van der Waals surface area (Å²) < 4.78 is 5.33. The molecule has 6 heteroatoms. The number of nitrogens with one attached hydrogen (secondary N) is 2. The summed E-state index contributed by atoms with van der Waals surface area (Å²) in [6, 6.07) is 11.6. The Labute approximate surface area is 128 Å². The van der Waals surface area contributed by atoms with Gasteiger partial charge in [-0.15, -0.1) is 0 Å². The van der Waals surface area contributed by atoms with Gasteiger partial charge < -0.3 is 20.2 Å². The third-order valence-electron chi connectivity index (χ3n) is 3.23. The summed E-state index contributed by atoms with van der Waals surface area (Å²) in [5.74, 6) is 2.15. The van der Waals surface area contributed by atoms with Crippen molar-refractivity contribution in [3.8, 4) is 0 Å². The smallest absolute Gasteiger partial charge is 0.225 e. The second-order valence-electron chi connectivity index (χ2n) is 4.85. The molecule has 3 rings (SSSR count). The van der Waals surface area contributed by atoms with E-state index in [0.717, 1.165) is 22.5 Å². The second kappa shape index (κ2) is 6.91. The summed E-state index contributed by atoms with van der Waals surface area (Å²) in [6.07, 6.45) is 2.31. The Balaban J connectivity index is 1.84. The highest BCUT2D eigenvalue weighted by Gasteiger charge is 2.07. The molecule has 0 atom stereocenters. The molecule has 114 valence electrons. The molecule has 3 N–H and O–H groups in total. The van der Waals surface area contributed by atoms with E-state index >= 15 is 0 Å². The standard InChI is InChI=1S/C16H18N4O2/c21-9-4-8-17-16-19-14-7-2-1-6-13(14)15(20-16)18-11-12-5-3-10-22-12/h1-3,5-7,10,21H,4,8-9,11H2,(H2,17,18,19,20). The number of para-hydroxylation sites is 1. The zero-order valence-electron chi connectivity index (χ0n) is 12.1. The van der Waals surface area contributed by atoms with Gasteiger partial charge in [-0.05, 0) is 30.7 Å². The molecular weight excluding hydrogens is 280 g/mol. The molecule has 0 amide bonds. The first-order chi connectivity index (χ1) is 10.9. The van der Waals surface area contributed by atoms with Gasteiger partial charge in [0.05, 0.1) is 18.3 Å². The first-order valence-corrected chi connectivity index (χ1v) is 7.24. The van der Waals surface area contributed by atoms with Gasteiger partial charge in [0.25, 0.3) is 0 Å². The van der Waals surface area contributed by atoms with Gasteiger partial charge in [-0.2, -0.15) is 4.98 Å². The van der Waals surface area contributed by atoms with Gasteiger partial charge in [0.1, 0.15) is 11.6 Å². The van der Waals surface area contributed by atoms with Crippen LogP contribution in [0.5, 0.6) is 0 Å². The van der Waals surface area contributed by atoms with Crippen LogP contribution in [-0.2, 0) is 6.54 Å². The summed E-state index contributed by atoms with van der Waals surface area (Å²) in [5.41, 5.74) is 0.867. The molecule has 0 unspecified atom stereocenters. The fourth-order valence-corrected chi connectivity index (χ4v) is 2.15. The van der Waals surface area contributed by atoms with E-state index in [1.54, 1.807) is 6.26 Å². The molecule has 0 aliphatic heterocycles. The number of nitrogens with zero attached hydrogens (tertiary/aromatic N) is 2. The van der Waals surface area contributed by atoms with Crippen molar-refractivity contribution in [2.24, 2.45) is 0 Å². The van der Waals surface area contributed by atoms with Gasteiger partial charge in [-0.1, -0.05) is 12.1 Å². The molecule has 0 spiro atoms. The SMILES string of the molecule is OCCCNc1nc(NCc2ccco2)c2ccccc2n1. The summed E-state index contributed by atoms with van der Waals surface area (Å²) in [6.45, 7) is 1.33. The lowest BCUT2D eigenvalue weighted by molar-refractivity contribution is 0.292. The van der Waals surface area contributed by atoms with Crippen molar-refractivity contribution in [3.05, 3.63) is 48.4 Å². The number of hydrogen-bond donors (Lipinski definition) is 3. The van der Waals surface area contributed by atoms with Gasteiger partial charge >= 0.3 is 0 Å². The highest BCUT2D eigenvalue weighted by molar-refractivity contribution is 5.89. The largest absolute Gasteiger partial charge is 0.467 e. The van der Waals surface area contributed by atoms with Crippen LogP contribution in [0.4, 0.5) is 11.8 Å². The van der Waals surface area contributed by atoms with Crippen molar-refractivity contribution in [1.82, 2.24) is 9.97 Å². The number of anilines is 2. The highest BCUT2D eigenvalue weighted by atomic mass is 16.3. The Hall–Kier alpha value is -2.60. The molecule has 6 nitrogen and oxygen atoms in total. The molecule has 2 aromatic heterocycles. The van der Waals surface area contributed by atoms with Gasteiger partial charge in [0.2, 0.25) is 5.95 Å². The Morgan fingerprint density at radius 1 is 1.05 bits per heavy atom. The quantitative estimate of drug-likeness (QED) is 0.582. The number of fused-ring (bicyclic) bond motifs is 1. The zero-order chi connectivity index (χ0) is 15.2. The average Bonchev–Trinajstić information content (AvgIpc) is 3.06. The Morgan fingerprint density at radius 2 is 1.95 bits per heavy atom. The van der Waals surface area contributed by atoms with E-state index in [1.165, 1.54) is 0 Å². The number of furan rings is 1. The van der Waals surface area contributed by atoms with E-state index in [9.17, 15) is 0 Å². The monoisotopic (exact) mass is 298 g/mol. The Kier molecular flexibility index (Phi) is 4.50. The van der Waals surface area contributed by atoms with Gasteiger partial charge in [-0.3, -0.25) is 0 Å². The van der Waals surface area contributed by atoms with Crippen LogP contribution in [0.1, 0.15) is 12.2 Å². The van der Waals surface area contributed by atoms with Gasteiger partial charge in [0, 0.05) is 18.5 Å². The lowest BCUT2D eigenvalue weighted by Gasteiger charge is -2.11. The summed E-state index contributed by atoms with van der Waals surface area (Å²) in [7, 11) is 0. The Morgan fingerprint density at radius 3 is 2.77 bits per heavy atom. The minimum Gasteiger partial charge on any atom is -0.467 e. The highest BCUT2D eigenvalue weighted by Crippen LogP contribution is 2.22. The van der Waals surface area contributed by atoms with E-state index in [0.29, 0.717) is 25.5 Å². The zero-order valence-corrected chi connectivity index (χ0v) is 12.1. The number of benzene rings is 1.